The lowest BCUT2D eigenvalue weighted by Crippen LogP contribution is -2.41. The number of likely N-dealkylation sites (tertiary alicyclic amines) is 2. The lowest BCUT2D eigenvalue weighted by atomic mass is 10.0. The lowest BCUT2D eigenvalue weighted by molar-refractivity contribution is -0.115. The molecule has 34 heavy (non-hydrogen) atoms. The minimum Gasteiger partial charge on any atom is -0.371 e. The van der Waals surface area contributed by atoms with Crippen LogP contribution in [0.15, 0.2) is 73.6 Å². The number of fused-ring (bicyclic) bond motifs is 2. The van der Waals surface area contributed by atoms with Gasteiger partial charge in [0, 0.05) is 79.4 Å². The molecule has 0 saturated carbocycles. The fourth-order valence-corrected chi connectivity index (χ4v) is 4.63. The first kappa shape index (κ1) is 23.7. The number of piperazine rings is 1. The summed E-state index contributed by atoms with van der Waals surface area (Å²) in [6.07, 6.45) is 21.6. The molecule has 2 fully saturated rings. The number of hydrogen-bond acceptors (Lipinski definition) is 5. The SMILES string of the molecule is C=CC/C=C(\C=C/N1CC2CC1CN2C)NC(=O)/C=C/c1cnccc1-c1cnn(CCC)c1. The van der Waals surface area contributed by atoms with Gasteiger partial charge < -0.3 is 10.2 Å². The van der Waals surface area contributed by atoms with Crippen molar-refractivity contribution in [2.75, 3.05) is 20.1 Å². The van der Waals surface area contributed by atoms with E-state index in [-0.39, 0.29) is 5.91 Å². The van der Waals surface area contributed by atoms with Crippen molar-refractivity contribution in [3.8, 4) is 11.1 Å². The smallest absolute Gasteiger partial charge is 0.248 e. The zero-order valence-corrected chi connectivity index (χ0v) is 20.1. The third kappa shape index (κ3) is 5.72. The Morgan fingerprint density at radius 1 is 1.26 bits per heavy atom. The van der Waals surface area contributed by atoms with E-state index in [2.05, 4.69) is 51.9 Å². The molecule has 0 radical (unpaired) electrons. The first-order valence-corrected chi connectivity index (χ1v) is 12.0. The molecule has 2 aliphatic heterocycles. The fourth-order valence-electron chi connectivity index (χ4n) is 4.63. The van der Waals surface area contributed by atoms with E-state index in [4.69, 9.17) is 0 Å². The highest BCUT2D eigenvalue weighted by atomic mass is 16.1. The molecule has 0 aliphatic carbocycles. The number of nitrogens with one attached hydrogen (secondary N) is 1. The van der Waals surface area contributed by atoms with Gasteiger partial charge in [-0.3, -0.25) is 19.4 Å². The van der Waals surface area contributed by atoms with Crippen LogP contribution < -0.4 is 5.32 Å². The van der Waals surface area contributed by atoms with E-state index in [1.165, 1.54) is 6.42 Å². The second-order valence-electron chi connectivity index (χ2n) is 8.96. The van der Waals surface area contributed by atoms with Gasteiger partial charge in [-0.1, -0.05) is 19.1 Å². The summed E-state index contributed by atoms with van der Waals surface area (Å²) in [6, 6.07) is 3.15. The molecule has 1 amide bonds. The van der Waals surface area contributed by atoms with Crippen LogP contribution in [0.25, 0.3) is 17.2 Å². The second kappa shape index (κ2) is 11.1. The maximum atomic E-state index is 12.7. The number of aryl methyl sites for hydroxylation is 1. The van der Waals surface area contributed by atoms with Crippen molar-refractivity contribution in [2.24, 2.45) is 0 Å². The van der Waals surface area contributed by atoms with Gasteiger partial charge in [0.1, 0.15) is 0 Å². The van der Waals surface area contributed by atoms with Crippen LogP contribution in [0, 0.1) is 0 Å². The van der Waals surface area contributed by atoms with Gasteiger partial charge in [-0.05, 0) is 50.1 Å². The fraction of sp³-hybridized carbons (Fsp3) is 0.370. The normalized spacial score (nSPS) is 20.6. The first-order chi connectivity index (χ1) is 16.6. The Kier molecular flexibility index (Phi) is 7.75. The molecule has 0 aromatic carbocycles. The maximum Gasteiger partial charge on any atom is 0.248 e. The van der Waals surface area contributed by atoms with Crippen molar-refractivity contribution in [3.05, 3.63) is 79.2 Å². The summed E-state index contributed by atoms with van der Waals surface area (Å²) < 4.78 is 1.93. The van der Waals surface area contributed by atoms with E-state index < -0.39 is 0 Å². The Morgan fingerprint density at radius 2 is 2.15 bits per heavy atom. The van der Waals surface area contributed by atoms with Gasteiger partial charge in [0.05, 0.1) is 6.20 Å². The van der Waals surface area contributed by atoms with E-state index in [1.54, 1.807) is 24.5 Å². The van der Waals surface area contributed by atoms with E-state index in [0.29, 0.717) is 18.5 Å². The van der Waals surface area contributed by atoms with Gasteiger partial charge in [-0.2, -0.15) is 5.10 Å². The van der Waals surface area contributed by atoms with E-state index in [0.717, 1.165) is 48.4 Å². The highest BCUT2D eigenvalue weighted by molar-refractivity contribution is 5.94. The van der Waals surface area contributed by atoms with Crippen LogP contribution in [0.1, 0.15) is 31.7 Å². The van der Waals surface area contributed by atoms with Gasteiger partial charge in [-0.15, -0.1) is 6.58 Å². The van der Waals surface area contributed by atoms with Crippen molar-refractivity contribution < 1.29 is 4.79 Å². The number of nitrogens with zero attached hydrogens (tertiary/aromatic N) is 5. The molecule has 1 N–H and O–H groups in total. The van der Waals surface area contributed by atoms with E-state index in [1.807, 2.05) is 41.4 Å². The molecule has 2 bridgehead atoms. The van der Waals surface area contributed by atoms with Gasteiger partial charge in [0.2, 0.25) is 5.91 Å². The molecule has 2 aromatic rings. The second-order valence-corrected chi connectivity index (χ2v) is 8.96. The summed E-state index contributed by atoms with van der Waals surface area (Å²) in [4.78, 5) is 21.8. The average Bonchev–Trinajstić information content (AvgIpc) is 3.56. The van der Waals surface area contributed by atoms with Crippen molar-refractivity contribution in [2.45, 2.75) is 44.8 Å². The van der Waals surface area contributed by atoms with Crippen molar-refractivity contribution >= 4 is 12.0 Å². The van der Waals surface area contributed by atoms with Gasteiger partial charge in [-0.25, -0.2) is 0 Å². The maximum absolute atomic E-state index is 12.7. The predicted molar refractivity (Wildman–Crippen MR) is 136 cm³/mol. The Labute approximate surface area is 202 Å². The van der Waals surface area contributed by atoms with Crippen molar-refractivity contribution in [1.29, 1.82) is 0 Å². The molecule has 7 nitrogen and oxygen atoms in total. The molecule has 2 aromatic heterocycles. The molecule has 4 rings (SSSR count). The Hall–Kier alpha value is -3.45. The van der Waals surface area contributed by atoms with Gasteiger partial charge >= 0.3 is 0 Å². The largest absolute Gasteiger partial charge is 0.371 e. The van der Waals surface area contributed by atoms with Gasteiger partial charge in [0.15, 0.2) is 0 Å². The minimum absolute atomic E-state index is 0.181. The van der Waals surface area contributed by atoms with Crippen LogP contribution in [0.2, 0.25) is 0 Å². The number of hydrogen-bond donors (Lipinski definition) is 1. The number of rotatable bonds is 10. The number of carbonyl (C=O) groups is 1. The molecule has 7 heteroatoms. The molecule has 2 unspecified atom stereocenters. The highest BCUT2D eigenvalue weighted by Gasteiger charge is 2.39. The molecule has 2 aliphatic rings. The molecule has 2 atom stereocenters. The molecular formula is C27H34N6O. The van der Waals surface area contributed by atoms with Crippen LogP contribution in [0.4, 0.5) is 0 Å². The quantitative estimate of drug-likeness (QED) is 0.333. The molecular weight excluding hydrogens is 424 g/mol. The van der Waals surface area contributed by atoms with Crippen LogP contribution >= 0.6 is 0 Å². The summed E-state index contributed by atoms with van der Waals surface area (Å²) in [7, 11) is 2.19. The van der Waals surface area contributed by atoms with E-state index >= 15 is 0 Å². The number of amides is 1. The lowest BCUT2D eigenvalue weighted by Gasteiger charge is -2.31. The van der Waals surface area contributed by atoms with Crippen LogP contribution in [-0.4, -0.2) is 62.7 Å². The van der Waals surface area contributed by atoms with Gasteiger partial charge in [0.25, 0.3) is 0 Å². The zero-order valence-electron chi connectivity index (χ0n) is 20.1. The average molecular weight is 459 g/mol. The van der Waals surface area contributed by atoms with Crippen molar-refractivity contribution in [3.63, 3.8) is 0 Å². The molecule has 0 spiro atoms. The summed E-state index contributed by atoms with van der Waals surface area (Å²) in [5.41, 5.74) is 3.66. The summed E-state index contributed by atoms with van der Waals surface area (Å²) in [5.74, 6) is -0.181. The number of pyridine rings is 1. The third-order valence-electron chi connectivity index (χ3n) is 6.44. The minimum atomic E-state index is -0.181. The number of likely N-dealkylation sites (N-methyl/N-ethyl adjacent to an activating group) is 1. The first-order valence-electron chi connectivity index (χ1n) is 12.0. The Bertz CT molecular complexity index is 1100. The predicted octanol–water partition coefficient (Wildman–Crippen LogP) is 3.85. The van der Waals surface area contributed by atoms with Crippen LogP contribution in [-0.2, 0) is 11.3 Å². The zero-order chi connectivity index (χ0) is 23.9. The molecule has 2 saturated heterocycles. The molecule has 4 heterocycles. The van der Waals surface area contributed by atoms with E-state index in [9.17, 15) is 4.79 Å². The highest BCUT2D eigenvalue weighted by Crippen LogP contribution is 2.29. The summed E-state index contributed by atoms with van der Waals surface area (Å²) >= 11 is 0. The number of carbonyl (C=O) groups excluding carboxylic acids is 1. The topological polar surface area (TPSA) is 66.3 Å². The number of allylic oxidation sites excluding steroid dienone is 3. The summed E-state index contributed by atoms with van der Waals surface area (Å²) in [6.45, 7) is 8.93. The Balaban J connectivity index is 1.42. The monoisotopic (exact) mass is 458 g/mol. The summed E-state index contributed by atoms with van der Waals surface area (Å²) in [5, 5.41) is 7.43. The van der Waals surface area contributed by atoms with Crippen LogP contribution in [0.3, 0.4) is 0 Å². The standard InChI is InChI=1S/C27H34N6O/c1-4-6-7-23(11-14-32-20-24-15-25(32)19-31(24)3)30-27(34)9-8-21-16-28-12-10-26(21)22-17-29-33(18-22)13-5-2/h4,7-12,14,16-18,24-25H,1,5-6,13,15,19-20H2,2-3H3,(H,30,34)/b9-8+,14-11-,23-7+. The Morgan fingerprint density at radius 3 is 2.88 bits per heavy atom. The van der Waals surface area contributed by atoms with Crippen LogP contribution in [0.5, 0.6) is 0 Å². The van der Waals surface area contributed by atoms with Crippen molar-refractivity contribution in [1.82, 2.24) is 29.9 Å². The number of aromatic nitrogens is 3. The molecule has 178 valence electrons. The third-order valence-corrected chi connectivity index (χ3v) is 6.44.